The van der Waals surface area contributed by atoms with Crippen LogP contribution in [-0.4, -0.2) is 23.3 Å². The Kier molecular flexibility index (Phi) is 4.95. The molecule has 0 atom stereocenters. The fraction of sp³-hybridized carbons (Fsp3) is 0.500. The van der Waals surface area contributed by atoms with Crippen molar-refractivity contribution in [2.45, 2.75) is 39.5 Å². The van der Waals surface area contributed by atoms with Crippen molar-refractivity contribution in [1.29, 1.82) is 0 Å². The van der Waals surface area contributed by atoms with Crippen LogP contribution in [0.1, 0.15) is 53.6 Å². The van der Waals surface area contributed by atoms with Gasteiger partial charge in [0.05, 0.1) is 5.71 Å². The second-order valence-electron chi connectivity index (χ2n) is 5.00. The third kappa shape index (κ3) is 3.41. The Morgan fingerprint density at radius 3 is 2.90 bits per heavy atom. The van der Waals surface area contributed by atoms with Crippen molar-refractivity contribution in [3.8, 4) is 0 Å². The van der Waals surface area contributed by atoms with Gasteiger partial charge in [0.25, 0.3) is 5.91 Å². The molecule has 21 heavy (non-hydrogen) atoms. The van der Waals surface area contributed by atoms with Crippen LogP contribution >= 0.6 is 12.2 Å². The number of hydrogen-bond donors (Lipinski definition) is 3. The molecule has 114 valence electrons. The fourth-order valence-electron chi connectivity index (χ4n) is 2.44. The number of aryl methyl sites for hydroxylation is 1. The summed E-state index contributed by atoms with van der Waals surface area (Å²) in [4.78, 5) is 12.1. The van der Waals surface area contributed by atoms with Gasteiger partial charge in [-0.1, -0.05) is 6.92 Å². The average molecular weight is 308 g/mol. The molecular weight excluding hydrogens is 288 g/mol. The maximum absolute atomic E-state index is 12.1. The Morgan fingerprint density at radius 1 is 1.48 bits per heavy atom. The summed E-state index contributed by atoms with van der Waals surface area (Å²) >= 11 is 4.76. The number of fused-ring (bicyclic) bond motifs is 1. The quantitative estimate of drug-likeness (QED) is 0.580. The van der Waals surface area contributed by atoms with Crippen molar-refractivity contribution in [1.82, 2.24) is 10.7 Å². The number of thiocarbonyl (C=S) groups is 1. The topological polar surface area (TPSA) is 92.6 Å². The fourth-order valence-corrected chi connectivity index (χ4v) is 2.48. The van der Waals surface area contributed by atoms with E-state index in [1.54, 1.807) is 0 Å². The van der Waals surface area contributed by atoms with Crippen molar-refractivity contribution < 1.29 is 9.21 Å². The number of amides is 1. The molecule has 1 aromatic rings. The van der Waals surface area contributed by atoms with Crippen LogP contribution in [0.2, 0.25) is 0 Å². The average Bonchev–Trinajstić information content (AvgIpc) is 2.80. The predicted molar refractivity (Wildman–Crippen MR) is 85.5 cm³/mol. The molecule has 0 radical (unpaired) electrons. The molecule has 0 fully saturated rings. The molecular formula is C14H20N4O2S. The summed E-state index contributed by atoms with van der Waals surface area (Å²) in [5, 5.41) is 7.19. The van der Waals surface area contributed by atoms with E-state index in [1.165, 1.54) is 0 Å². The Morgan fingerprint density at radius 2 is 2.24 bits per heavy atom. The molecule has 2 rings (SSSR count). The van der Waals surface area contributed by atoms with E-state index in [4.69, 9.17) is 22.4 Å². The van der Waals surface area contributed by atoms with E-state index in [1.807, 2.05) is 13.8 Å². The summed E-state index contributed by atoms with van der Waals surface area (Å²) in [6.45, 7) is 4.52. The molecule has 1 aliphatic rings. The van der Waals surface area contributed by atoms with Crippen molar-refractivity contribution in [2.24, 2.45) is 10.8 Å². The lowest BCUT2D eigenvalue weighted by Crippen LogP contribution is -2.27. The van der Waals surface area contributed by atoms with Gasteiger partial charge < -0.3 is 15.5 Å². The molecule has 0 spiro atoms. The summed E-state index contributed by atoms with van der Waals surface area (Å²) in [5.41, 5.74) is 10.6. The smallest absolute Gasteiger partial charge is 0.287 e. The number of nitrogens with zero attached hydrogens (tertiary/aromatic N) is 1. The van der Waals surface area contributed by atoms with E-state index < -0.39 is 0 Å². The number of furan rings is 1. The van der Waals surface area contributed by atoms with Crippen LogP contribution in [0.4, 0.5) is 0 Å². The lowest BCUT2D eigenvalue weighted by Gasteiger charge is -2.13. The lowest BCUT2D eigenvalue weighted by molar-refractivity contribution is 0.0923. The van der Waals surface area contributed by atoms with Gasteiger partial charge in [0.1, 0.15) is 5.76 Å². The summed E-state index contributed by atoms with van der Waals surface area (Å²) < 4.78 is 5.75. The van der Waals surface area contributed by atoms with Crippen molar-refractivity contribution in [2.75, 3.05) is 6.54 Å². The number of carbonyl (C=O) groups excluding carboxylic acids is 1. The number of nitrogens with two attached hydrogens (primary N) is 1. The summed E-state index contributed by atoms with van der Waals surface area (Å²) in [7, 11) is 0. The zero-order valence-corrected chi connectivity index (χ0v) is 13.1. The number of rotatable bonds is 4. The van der Waals surface area contributed by atoms with E-state index in [0.29, 0.717) is 12.3 Å². The second-order valence-corrected chi connectivity index (χ2v) is 5.44. The van der Waals surface area contributed by atoms with Crippen molar-refractivity contribution in [3.63, 3.8) is 0 Å². The third-order valence-electron chi connectivity index (χ3n) is 3.37. The molecule has 1 heterocycles. The van der Waals surface area contributed by atoms with Gasteiger partial charge in [-0.3, -0.25) is 10.2 Å². The van der Waals surface area contributed by atoms with E-state index >= 15 is 0 Å². The van der Waals surface area contributed by atoms with Gasteiger partial charge in [-0.25, -0.2) is 0 Å². The first kappa shape index (κ1) is 15.5. The van der Waals surface area contributed by atoms with Gasteiger partial charge in [0.2, 0.25) is 0 Å². The number of hydrogen-bond acceptors (Lipinski definition) is 4. The van der Waals surface area contributed by atoms with Crippen LogP contribution in [0.3, 0.4) is 0 Å². The highest BCUT2D eigenvalue weighted by Crippen LogP contribution is 2.29. The molecule has 0 saturated carbocycles. The largest absolute Gasteiger partial charge is 0.455 e. The van der Waals surface area contributed by atoms with Gasteiger partial charge in [0, 0.05) is 24.1 Å². The first-order valence-electron chi connectivity index (χ1n) is 7.07. The number of hydrazone groups is 1. The molecule has 0 bridgehead atoms. The third-order valence-corrected chi connectivity index (χ3v) is 3.46. The van der Waals surface area contributed by atoms with Crippen LogP contribution in [0.25, 0.3) is 0 Å². The minimum Gasteiger partial charge on any atom is -0.455 e. The van der Waals surface area contributed by atoms with E-state index in [0.717, 1.165) is 48.3 Å². The predicted octanol–water partition coefficient (Wildman–Crippen LogP) is 1.60. The highest BCUT2D eigenvalue weighted by Gasteiger charge is 2.27. The highest BCUT2D eigenvalue weighted by molar-refractivity contribution is 7.80. The zero-order valence-electron chi connectivity index (χ0n) is 12.3. The van der Waals surface area contributed by atoms with E-state index in [-0.39, 0.29) is 11.0 Å². The maximum Gasteiger partial charge on any atom is 0.287 e. The van der Waals surface area contributed by atoms with Crippen LogP contribution in [0.15, 0.2) is 9.52 Å². The molecule has 1 aliphatic carbocycles. The molecule has 7 heteroatoms. The van der Waals surface area contributed by atoms with Crippen molar-refractivity contribution >= 4 is 28.9 Å². The van der Waals surface area contributed by atoms with Gasteiger partial charge in [-0.05, 0) is 38.4 Å². The number of nitrogens with one attached hydrogen (secondary N) is 2. The molecule has 1 aromatic heterocycles. The molecule has 0 aromatic carbocycles. The standard InChI is InChI=1S/C14H20N4O2S/c1-3-7-16-13(19)12-8(2)11-9(17-18-14(15)21)5-4-6-10(11)20-12/h3-7H2,1-2H3,(H,16,19)(H3,15,18,21)/b17-9+. The normalized spacial score (nSPS) is 15.6. The molecule has 1 amide bonds. The van der Waals surface area contributed by atoms with Crippen LogP contribution < -0.4 is 16.5 Å². The van der Waals surface area contributed by atoms with Gasteiger partial charge in [0.15, 0.2) is 10.9 Å². The van der Waals surface area contributed by atoms with Crippen molar-refractivity contribution in [3.05, 3.63) is 22.6 Å². The van der Waals surface area contributed by atoms with E-state index in [9.17, 15) is 4.79 Å². The summed E-state index contributed by atoms with van der Waals surface area (Å²) in [5.74, 6) is 1.01. The first-order valence-corrected chi connectivity index (χ1v) is 7.48. The second kappa shape index (κ2) is 6.71. The minimum atomic E-state index is -0.176. The van der Waals surface area contributed by atoms with Gasteiger partial charge >= 0.3 is 0 Å². The Balaban J connectivity index is 2.32. The Bertz CT molecular complexity index is 592. The van der Waals surface area contributed by atoms with Gasteiger partial charge in [-0.2, -0.15) is 5.10 Å². The molecule has 0 saturated heterocycles. The van der Waals surface area contributed by atoms with Crippen LogP contribution in [0, 0.1) is 6.92 Å². The Labute approximate surface area is 129 Å². The molecule has 4 N–H and O–H groups in total. The summed E-state index contributed by atoms with van der Waals surface area (Å²) in [6.07, 6.45) is 3.42. The highest BCUT2D eigenvalue weighted by atomic mass is 32.1. The van der Waals surface area contributed by atoms with Crippen LogP contribution in [-0.2, 0) is 6.42 Å². The monoisotopic (exact) mass is 308 g/mol. The van der Waals surface area contributed by atoms with Gasteiger partial charge in [-0.15, -0.1) is 0 Å². The summed E-state index contributed by atoms with van der Waals surface area (Å²) in [6, 6.07) is 0. The molecule has 6 nitrogen and oxygen atoms in total. The maximum atomic E-state index is 12.1. The Hall–Kier alpha value is -1.89. The minimum absolute atomic E-state index is 0.122. The zero-order chi connectivity index (χ0) is 15.4. The van der Waals surface area contributed by atoms with Crippen LogP contribution in [0.5, 0.6) is 0 Å². The molecule has 0 aliphatic heterocycles. The molecule has 0 unspecified atom stereocenters. The first-order chi connectivity index (χ1) is 10.0. The lowest BCUT2D eigenvalue weighted by atomic mass is 9.93. The SMILES string of the molecule is CCCNC(=O)c1oc2c(c1C)/C(=N/NC(N)=S)CCC2. The van der Waals surface area contributed by atoms with E-state index in [2.05, 4.69) is 15.8 Å². The number of carbonyl (C=O) groups is 1.